The maximum Gasteiger partial charge on any atom is 0.343 e. The van der Waals surface area contributed by atoms with Gasteiger partial charge in [0.05, 0.1) is 23.1 Å². The normalized spacial score (nSPS) is 18.7. The minimum absolute atomic E-state index is 0.0181. The molecule has 3 aliphatic heterocycles. The molecule has 2 fully saturated rings. The number of hydrogen-bond donors (Lipinski definition) is 1. The number of carbonyl (C=O) groups is 4. The van der Waals surface area contributed by atoms with Crippen LogP contribution in [0.15, 0.2) is 34.8 Å². The molecule has 13 heteroatoms. The molecule has 5 amide bonds. The minimum atomic E-state index is -0.767. The molecule has 2 saturated heterocycles. The fraction of sp³-hybridized carbons (Fsp3) is 0.333. The van der Waals surface area contributed by atoms with Crippen molar-refractivity contribution in [3.05, 3.63) is 46.6 Å². The standard InChI is InChI=1S/C24H23N7O4S2/c1-36-17-12-37-21-19(17)20(25-13-26-21)29-8-6-28(7-9-29)11-14-2-3-15-16(10-14)23(34)31(22(15)33)30-5-4-18(32)27-24(30)35/h2-3,10,12-13H,4-9,11H2,1H3,(H,27,32,35). The lowest BCUT2D eigenvalue weighted by Crippen LogP contribution is -2.58. The van der Waals surface area contributed by atoms with E-state index >= 15 is 0 Å². The molecule has 0 spiro atoms. The molecule has 1 N–H and O–H groups in total. The van der Waals surface area contributed by atoms with Gasteiger partial charge in [-0.2, -0.15) is 5.01 Å². The van der Waals surface area contributed by atoms with E-state index in [1.165, 1.54) is 4.90 Å². The molecule has 0 bridgehead atoms. The van der Waals surface area contributed by atoms with E-state index in [1.54, 1.807) is 41.6 Å². The van der Waals surface area contributed by atoms with Gasteiger partial charge in [-0.15, -0.1) is 23.1 Å². The number of benzene rings is 1. The van der Waals surface area contributed by atoms with Crippen LogP contribution >= 0.6 is 23.1 Å². The number of imide groups is 2. The zero-order chi connectivity index (χ0) is 25.7. The fourth-order valence-electron chi connectivity index (χ4n) is 4.94. The zero-order valence-corrected chi connectivity index (χ0v) is 21.6. The molecule has 37 heavy (non-hydrogen) atoms. The molecule has 0 saturated carbocycles. The highest BCUT2D eigenvalue weighted by Crippen LogP contribution is 2.36. The number of nitrogens with one attached hydrogen (secondary N) is 1. The minimum Gasteiger partial charge on any atom is -0.353 e. The summed E-state index contributed by atoms with van der Waals surface area (Å²) in [5, 5.41) is 7.24. The van der Waals surface area contributed by atoms with Crippen molar-refractivity contribution in [3.8, 4) is 0 Å². The number of amides is 5. The van der Waals surface area contributed by atoms with Gasteiger partial charge in [0.1, 0.15) is 17.0 Å². The molecule has 0 unspecified atom stereocenters. The first kappa shape index (κ1) is 23.8. The van der Waals surface area contributed by atoms with Gasteiger partial charge < -0.3 is 4.90 Å². The number of hydrazine groups is 1. The van der Waals surface area contributed by atoms with E-state index in [9.17, 15) is 19.2 Å². The molecular formula is C24H23N7O4S2. The van der Waals surface area contributed by atoms with Crippen LogP contribution in [-0.4, -0.2) is 87.6 Å². The van der Waals surface area contributed by atoms with E-state index in [-0.39, 0.29) is 24.1 Å². The molecular weight excluding hydrogens is 514 g/mol. The summed E-state index contributed by atoms with van der Waals surface area (Å²) in [5.41, 5.74) is 1.45. The van der Waals surface area contributed by atoms with Gasteiger partial charge >= 0.3 is 6.03 Å². The molecule has 0 atom stereocenters. The first-order valence-corrected chi connectivity index (χ1v) is 13.9. The Balaban J connectivity index is 1.14. The predicted molar refractivity (Wildman–Crippen MR) is 138 cm³/mol. The lowest BCUT2D eigenvalue weighted by molar-refractivity contribution is -0.122. The van der Waals surface area contributed by atoms with Crippen LogP contribution in [0, 0.1) is 0 Å². The topological polar surface area (TPSA) is 119 Å². The molecule has 5 heterocycles. The van der Waals surface area contributed by atoms with Crippen molar-refractivity contribution in [2.45, 2.75) is 17.9 Å². The number of carbonyl (C=O) groups excluding carboxylic acids is 4. The molecule has 0 aliphatic carbocycles. The molecule has 1 aromatic carbocycles. The molecule has 11 nitrogen and oxygen atoms in total. The third-order valence-electron chi connectivity index (χ3n) is 6.82. The lowest BCUT2D eigenvalue weighted by Gasteiger charge is -2.35. The molecule has 190 valence electrons. The Labute approximate surface area is 220 Å². The number of rotatable bonds is 5. The van der Waals surface area contributed by atoms with Gasteiger partial charge in [0.2, 0.25) is 5.91 Å². The van der Waals surface area contributed by atoms with Crippen LogP contribution in [-0.2, 0) is 11.3 Å². The quantitative estimate of drug-likeness (QED) is 0.386. The number of piperazine rings is 1. The van der Waals surface area contributed by atoms with Gasteiger partial charge in [0, 0.05) is 49.4 Å². The van der Waals surface area contributed by atoms with Crippen molar-refractivity contribution in [3.63, 3.8) is 0 Å². The second-order valence-electron chi connectivity index (χ2n) is 8.97. The monoisotopic (exact) mass is 537 g/mol. The Hall–Kier alpha value is -3.55. The highest BCUT2D eigenvalue weighted by Gasteiger charge is 2.43. The number of anilines is 1. The van der Waals surface area contributed by atoms with Crippen LogP contribution in [0.5, 0.6) is 0 Å². The van der Waals surface area contributed by atoms with Crippen LogP contribution < -0.4 is 10.2 Å². The summed E-state index contributed by atoms with van der Waals surface area (Å²) in [5.74, 6) is -0.562. The molecule has 3 aromatic rings. The summed E-state index contributed by atoms with van der Waals surface area (Å²) in [6, 6.07) is 4.46. The van der Waals surface area contributed by atoms with Gasteiger partial charge in [-0.1, -0.05) is 6.07 Å². The number of thiophene rings is 1. The molecule has 6 rings (SSSR count). The van der Waals surface area contributed by atoms with Gasteiger partial charge in [-0.05, 0) is 24.0 Å². The van der Waals surface area contributed by atoms with Gasteiger partial charge in [-0.25, -0.2) is 19.8 Å². The number of hydrogen-bond acceptors (Lipinski definition) is 10. The number of urea groups is 1. The second kappa shape index (κ2) is 9.39. The third-order valence-corrected chi connectivity index (χ3v) is 8.61. The molecule has 3 aliphatic rings. The first-order valence-electron chi connectivity index (χ1n) is 11.8. The number of aromatic nitrogens is 2. The Bertz CT molecular complexity index is 1450. The van der Waals surface area contributed by atoms with Crippen molar-refractivity contribution >= 4 is 62.9 Å². The molecule has 2 aromatic heterocycles. The number of nitrogens with zero attached hydrogens (tertiary/aromatic N) is 6. The van der Waals surface area contributed by atoms with E-state index in [1.807, 2.05) is 6.07 Å². The van der Waals surface area contributed by atoms with Crippen LogP contribution in [0.1, 0.15) is 32.7 Å². The maximum absolute atomic E-state index is 13.1. The average Bonchev–Trinajstić information content (AvgIpc) is 3.43. The number of fused-ring (bicyclic) bond motifs is 2. The van der Waals surface area contributed by atoms with Crippen LogP contribution in [0.2, 0.25) is 0 Å². The Kier molecular flexibility index (Phi) is 6.05. The van der Waals surface area contributed by atoms with Crippen LogP contribution in [0.25, 0.3) is 10.2 Å². The van der Waals surface area contributed by atoms with Crippen LogP contribution in [0.4, 0.5) is 10.6 Å². The summed E-state index contributed by atoms with van der Waals surface area (Å²) < 4.78 is 0. The van der Waals surface area contributed by atoms with E-state index in [0.29, 0.717) is 6.54 Å². The Morgan fingerprint density at radius 1 is 1.00 bits per heavy atom. The third kappa shape index (κ3) is 4.12. The van der Waals surface area contributed by atoms with Gasteiger partial charge in [-0.3, -0.25) is 24.6 Å². The fourth-order valence-corrected chi connectivity index (χ4v) is 6.69. The van der Waals surface area contributed by atoms with Crippen molar-refractivity contribution in [2.75, 3.05) is 43.9 Å². The number of thioether (sulfide) groups is 1. The first-order chi connectivity index (χ1) is 17.9. The SMILES string of the molecule is CSc1csc2ncnc(N3CCN(Cc4ccc5c(c4)C(=O)N(N4CCC(=O)NC4=O)C5=O)CC3)c12. The predicted octanol–water partition coefficient (Wildman–Crippen LogP) is 2.19. The maximum atomic E-state index is 13.1. The van der Waals surface area contributed by atoms with E-state index in [0.717, 1.165) is 57.8 Å². The molecule has 0 radical (unpaired) electrons. The summed E-state index contributed by atoms with van der Waals surface area (Å²) in [6.07, 6.45) is 3.72. The summed E-state index contributed by atoms with van der Waals surface area (Å²) in [7, 11) is 0. The summed E-state index contributed by atoms with van der Waals surface area (Å²) >= 11 is 3.34. The largest absolute Gasteiger partial charge is 0.353 e. The van der Waals surface area contributed by atoms with Crippen molar-refractivity contribution in [1.29, 1.82) is 0 Å². The smallest absolute Gasteiger partial charge is 0.343 e. The highest BCUT2D eigenvalue weighted by atomic mass is 32.2. The zero-order valence-electron chi connectivity index (χ0n) is 20.0. The van der Waals surface area contributed by atoms with Crippen molar-refractivity contribution < 1.29 is 19.2 Å². The highest BCUT2D eigenvalue weighted by molar-refractivity contribution is 7.99. The lowest BCUT2D eigenvalue weighted by atomic mass is 10.1. The van der Waals surface area contributed by atoms with E-state index < -0.39 is 23.8 Å². The Morgan fingerprint density at radius 2 is 1.78 bits per heavy atom. The summed E-state index contributed by atoms with van der Waals surface area (Å²) in [6.45, 7) is 3.89. The van der Waals surface area contributed by atoms with E-state index in [2.05, 4.69) is 36.7 Å². The van der Waals surface area contributed by atoms with E-state index in [4.69, 9.17) is 0 Å². The summed E-state index contributed by atoms with van der Waals surface area (Å²) in [4.78, 5) is 65.5. The van der Waals surface area contributed by atoms with Gasteiger partial charge in [0.15, 0.2) is 0 Å². The van der Waals surface area contributed by atoms with Crippen molar-refractivity contribution in [2.24, 2.45) is 0 Å². The Morgan fingerprint density at radius 3 is 2.54 bits per heavy atom. The van der Waals surface area contributed by atoms with Gasteiger partial charge in [0.25, 0.3) is 11.8 Å². The van der Waals surface area contributed by atoms with Crippen LogP contribution in [0.3, 0.4) is 0 Å². The van der Waals surface area contributed by atoms with Crippen molar-refractivity contribution in [1.82, 2.24) is 30.2 Å². The second-order valence-corrected chi connectivity index (χ2v) is 10.7. The average molecular weight is 538 g/mol.